The van der Waals surface area contributed by atoms with Crippen LogP contribution in [0, 0.1) is 0 Å². The van der Waals surface area contributed by atoms with Crippen molar-refractivity contribution in [2.24, 2.45) is 0 Å². The Morgan fingerprint density at radius 3 is 2.69 bits per heavy atom. The first-order chi connectivity index (χ1) is 14.1. The van der Waals surface area contributed by atoms with Crippen LogP contribution in [-0.4, -0.2) is 30.3 Å². The molecule has 1 atom stereocenters. The van der Waals surface area contributed by atoms with Crippen molar-refractivity contribution in [3.8, 4) is 0 Å². The van der Waals surface area contributed by atoms with Crippen LogP contribution in [0.15, 0.2) is 71.6 Å². The van der Waals surface area contributed by atoms with E-state index >= 15 is 0 Å². The van der Waals surface area contributed by atoms with Gasteiger partial charge in [0.1, 0.15) is 0 Å². The van der Waals surface area contributed by atoms with E-state index in [2.05, 4.69) is 6.92 Å². The van der Waals surface area contributed by atoms with E-state index < -0.39 is 0 Å². The minimum Gasteiger partial charge on any atom is -0.455 e. The van der Waals surface area contributed by atoms with E-state index in [4.69, 9.17) is 4.74 Å². The second kappa shape index (κ2) is 8.70. The molecule has 1 aliphatic rings. The molecule has 1 aliphatic heterocycles. The molecule has 3 aromatic rings. The number of hydrogen-bond acceptors (Lipinski definition) is 4. The van der Waals surface area contributed by atoms with Gasteiger partial charge < -0.3 is 9.64 Å². The molecule has 0 aromatic heterocycles. The van der Waals surface area contributed by atoms with E-state index in [0.29, 0.717) is 11.8 Å². The lowest BCUT2D eigenvalue weighted by molar-refractivity contribution is -0.147. The third kappa shape index (κ3) is 4.46. The van der Waals surface area contributed by atoms with Crippen LogP contribution < -0.4 is 4.90 Å². The van der Waals surface area contributed by atoms with Gasteiger partial charge in [0.25, 0.3) is 5.91 Å². The lowest BCUT2D eigenvalue weighted by atomic mass is 10.0. The van der Waals surface area contributed by atoms with E-state index in [1.54, 1.807) is 16.7 Å². The molecule has 1 heterocycles. The summed E-state index contributed by atoms with van der Waals surface area (Å²) in [5.74, 6) is -0.570. The highest BCUT2D eigenvalue weighted by Crippen LogP contribution is 2.37. The van der Waals surface area contributed by atoms with Crippen molar-refractivity contribution in [1.29, 1.82) is 0 Å². The van der Waals surface area contributed by atoms with Gasteiger partial charge in [0.15, 0.2) is 6.61 Å². The number of para-hydroxylation sites is 1. The van der Waals surface area contributed by atoms with Crippen LogP contribution in [0.5, 0.6) is 0 Å². The van der Waals surface area contributed by atoms with Gasteiger partial charge in [-0.15, -0.1) is 11.8 Å². The number of hydrogen-bond donors (Lipinski definition) is 0. The summed E-state index contributed by atoms with van der Waals surface area (Å²) in [6.45, 7) is 2.56. The molecule has 4 nitrogen and oxygen atoms in total. The summed E-state index contributed by atoms with van der Waals surface area (Å²) in [5, 5.41) is 2.55. The molecule has 1 amide bonds. The molecule has 0 unspecified atom stereocenters. The highest BCUT2D eigenvalue weighted by molar-refractivity contribution is 8.00. The average Bonchev–Trinajstić information content (AvgIpc) is 2.90. The summed E-state index contributed by atoms with van der Waals surface area (Å²) in [7, 11) is 0. The maximum absolute atomic E-state index is 12.8. The summed E-state index contributed by atoms with van der Waals surface area (Å²) < 4.78 is 5.36. The molecular weight excluding hydrogens is 382 g/mol. The Morgan fingerprint density at radius 1 is 1.03 bits per heavy atom. The van der Waals surface area contributed by atoms with Gasteiger partial charge in [-0.05, 0) is 34.9 Å². The van der Waals surface area contributed by atoms with Crippen molar-refractivity contribution in [3.05, 3.63) is 72.3 Å². The maximum atomic E-state index is 12.8. The fourth-order valence-corrected chi connectivity index (χ4v) is 4.73. The second-order valence-electron chi connectivity index (χ2n) is 7.21. The number of benzene rings is 3. The van der Waals surface area contributed by atoms with Crippen LogP contribution in [0.2, 0.25) is 0 Å². The number of anilines is 1. The molecule has 0 saturated carbocycles. The minimum absolute atomic E-state index is 0.151. The summed E-state index contributed by atoms with van der Waals surface area (Å²) in [4.78, 5) is 28.1. The average molecular weight is 406 g/mol. The Balaban J connectivity index is 1.42. The van der Waals surface area contributed by atoms with Crippen molar-refractivity contribution >= 4 is 40.1 Å². The van der Waals surface area contributed by atoms with Gasteiger partial charge in [-0.3, -0.25) is 9.59 Å². The number of carbonyl (C=O) groups is 2. The number of thioether (sulfide) groups is 1. The van der Waals surface area contributed by atoms with Crippen LogP contribution in [-0.2, 0) is 20.7 Å². The number of amides is 1. The zero-order chi connectivity index (χ0) is 20.2. The first kappa shape index (κ1) is 19.5. The summed E-state index contributed by atoms with van der Waals surface area (Å²) >= 11 is 1.78. The molecule has 148 valence electrons. The number of fused-ring (bicyclic) bond motifs is 2. The Labute approximate surface area is 174 Å². The van der Waals surface area contributed by atoms with Crippen molar-refractivity contribution in [2.45, 2.75) is 29.9 Å². The number of ether oxygens (including phenoxy) is 1. The topological polar surface area (TPSA) is 46.6 Å². The molecule has 0 radical (unpaired) electrons. The van der Waals surface area contributed by atoms with Gasteiger partial charge in [0, 0.05) is 16.7 Å². The third-order valence-corrected chi connectivity index (χ3v) is 6.35. The normalized spacial score (nSPS) is 16.2. The standard InChI is InChI=1S/C24H23NO3S/c1-17-13-14-25(21-11-4-5-12-22(21)29-17)23(26)16-28-24(27)15-19-9-6-8-18-7-2-3-10-20(18)19/h2-12,17H,13-16H2,1H3/t17-/m1/s1. The molecule has 0 spiro atoms. The van der Waals surface area contributed by atoms with Gasteiger partial charge >= 0.3 is 5.97 Å². The van der Waals surface area contributed by atoms with Gasteiger partial charge in [-0.25, -0.2) is 0 Å². The second-order valence-corrected chi connectivity index (χ2v) is 8.69. The highest BCUT2D eigenvalue weighted by atomic mass is 32.2. The number of nitrogens with zero attached hydrogens (tertiary/aromatic N) is 1. The zero-order valence-electron chi connectivity index (χ0n) is 16.3. The Hall–Kier alpha value is -2.79. The van der Waals surface area contributed by atoms with E-state index in [1.807, 2.05) is 66.7 Å². The first-order valence-corrected chi connectivity index (χ1v) is 10.7. The molecule has 0 aliphatic carbocycles. The van der Waals surface area contributed by atoms with Crippen LogP contribution >= 0.6 is 11.8 Å². The Kier molecular flexibility index (Phi) is 5.86. The van der Waals surface area contributed by atoms with Crippen LogP contribution in [0.25, 0.3) is 10.8 Å². The molecule has 0 fully saturated rings. The zero-order valence-corrected chi connectivity index (χ0v) is 17.2. The quantitative estimate of drug-likeness (QED) is 0.583. The van der Waals surface area contributed by atoms with Gasteiger partial charge in [-0.1, -0.05) is 61.5 Å². The van der Waals surface area contributed by atoms with Gasteiger partial charge in [0.2, 0.25) is 0 Å². The van der Waals surface area contributed by atoms with Crippen LogP contribution in [0.3, 0.4) is 0 Å². The van der Waals surface area contributed by atoms with Crippen LogP contribution in [0.4, 0.5) is 5.69 Å². The lowest BCUT2D eigenvalue weighted by Gasteiger charge is -2.22. The third-order valence-electron chi connectivity index (χ3n) is 5.12. The fraction of sp³-hybridized carbons (Fsp3) is 0.250. The van der Waals surface area contributed by atoms with Crippen LogP contribution in [0.1, 0.15) is 18.9 Å². The molecule has 5 heteroatoms. The molecule has 0 N–H and O–H groups in total. The van der Waals surface area contributed by atoms with Gasteiger partial charge in [-0.2, -0.15) is 0 Å². The van der Waals surface area contributed by atoms with E-state index in [9.17, 15) is 9.59 Å². The SMILES string of the molecule is C[C@@H]1CCN(C(=O)COC(=O)Cc2cccc3ccccc23)c2ccccc2S1. The fourth-order valence-electron chi connectivity index (χ4n) is 3.62. The van der Waals surface area contributed by atoms with Crippen molar-refractivity contribution in [2.75, 3.05) is 18.1 Å². The Bertz CT molecular complexity index is 1040. The summed E-state index contributed by atoms with van der Waals surface area (Å²) in [6, 6.07) is 21.7. The minimum atomic E-state index is -0.388. The highest BCUT2D eigenvalue weighted by Gasteiger charge is 2.24. The molecular formula is C24H23NO3S. The van der Waals surface area contributed by atoms with Crippen molar-refractivity contribution in [1.82, 2.24) is 0 Å². The van der Waals surface area contributed by atoms with Gasteiger partial charge in [0.05, 0.1) is 12.1 Å². The number of esters is 1. The largest absolute Gasteiger partial charge is 0.455 e. The Morgan fingerprint density at radius 2 is 1.79 bits per heavy atom. The number of rotatable bonds is 4. The maximum Gasteiger partial charge on any atom is 0.310 e. The molecule has 29 heavy (non-hydrogen) atoms. The molecule has 0 bridgehead atoms. The van der Waals surface area contributed by atoms with Crippen molar-refractivity contribution < 1.29 is 14.3 Å². The van der Waals surface area contributed by atoms with E-state index in [1.165, 1.54) is 0 Å². The summed E-state index contributed by atoms with van der Waals surface area (Å²) in [6.07, 6.45) is 1.05. The molecule has 3 aromatic carbocycles. The number of carbonyl (C=O) groups excluding carboxylic acids is 2. The first-order valence-electron chi connectivity index (χ1n) is 9.80. The van der Waals surface area contributed by atoms with E-state index in [-0.39, 0.29) is 24.9 Å². The smallest absolute Gasteiger partial charge is 0.310 e. The molecule has 4 rings (SSSR count). The predicted molar refractivity (Wildman–Crippen MR) is 117 cm³/mol. The van der Waals surface area contributed by atoms with E-state index in [0.717, 1.165) is 33.3 Å². The summed E-state index contributed by atoms with van der Waals surface area (Å²) in [5.41, 5.74) is 1.81. The monoisotopic (exact) mass is 405 g/mol. The predicted octanol–water partition coefficient (Wildman–Crippen LogP) is 4.84. The van der Waals surface area contributed by atoms with Crippen molar-refractivity contribution in [3.63, 3.8) is 0 Å². The molecule has 0 saturated heterocycles. The lowest BCUT2D eigenvalue weighted by Crippen LogP contribution is -2.36.